The molecular formula is C11H15N5. The van der Waals surface area contributed by atoms with Gasteiger partial charge in [-0.1, -0.05) is 6.92 Å². The third-order valence-electron chi connectivity index (χ3n) is 2.52. The minimum atomic E-state index is 0.645. The lowest BCUT2D eigenvalue weighted by atomic mass is 10.1. The summed E-state index contributed by atoms with van der Waals surface area (Å²) in [7, 11) is 1.83. The number of nitrogens with two attached hydrogens (primary N) is 1. The molecule has 0 aromatic carbocycles. The summed E-state index contributed by atoms with van der Waals surface area (Å²) >= 11 is 0. The summed E-state index contributed by atoms with van der Waals surface area (Å²) in [5.74, 6) is 0.645. The Morgan fingerprint density at radius 3 is 2.62 bits per heavy atom. The van der Waals surface area contributed by atoms with E-state index < -0.39 is 0 Å². The first kappa shape index (κ1) is 10.6. The van der Waals surface area contributed by atoms with Crippen molar-refractivity contribution in [2.45, 2.75) is 20.3 Å². The van der Waals surface area contributed by atoms with Gasteiger partial charge in [0.15, 0.2) is 0 Å². The van der Waals surface area contributed by atoms with Crippen molar-refractivity contribution in [3.63, 3.8) is 0 Å². The second-order valence-electron chi connectivity index (χ2n) is 3.78. The standard InChI is InChI=1S/C11H15N5/c1-4-9-8(5-7(2)13-14-9)10-6-11(12)16(3)15-10/h5-6H,4,12H2,1-3H3. The molecule has 84 valence electrons. The molecule has 0 aliphatic rings. The van der Waals surface area contributed by atoms with Crippen LogP contribution in [0.15, 0.2) is 12.1 Å². The maximum Gasteiger partial charge on any atom is 0.121 e. The van der Waals surface area contributed by atoms with Crippen LogP contribution < -0.4 is 5.73 Å². The largest absolute Gasteiger partial charge is 0.384 e. The highest BCUT2D eigenvalue weighted by atomic mass is 15.3. The lowest BCUT2D eigenvalue weighted by Gasteiger charge is -2.03. The summed E-state index contributed by atoms with van der Waals surface area (Å²) < 4.78 is 1.66. The van der Waals surface area contributed by atoms with E-state index in [9.17, 15) is 0 Å². The van der Waals surface area contributed by atoms with Crippen molar-refractivity contribution in [2.24, 2.45) is 7.05 Å². The average Bonchev–Trinajstić information content (AvgIpc) is 2.59. The van der Waals surface area contributed by atoms with E-state index in [-0.39, 0.29) is 0 Å². The van der Waals surface area contributed by atoms with Gasteiger partial charge in [-0.3, -0.25) is 4.68 Å². The number of rotatable bonds is 2. The van der Waals surface area contributed by atoms with Gasteiger partial charge in [0, 0.05) is 18.7 Å². The van der Waals surface area contributed by atoms with E-state index in [1.54, 1.807) is 4.68 Å². The molecule has 0 saturated carbocycles. The highest BCUT2D eigenvalue weighted by Gasteiger charge is 2.10. The van der Waals surface area contributed by atoms with E-state index >= 15 is 0 Å². The monoisotopic (exact) mass is 217 g/mol. The molecule has 0 atom stereocenters. The van der Waals surface area contributed by atoms with Crippen molar-refractivity contribution >= 4 is 5.82 Å². The Bertz CT molecular complexity index is 496. The quantitative estimate of drug-likeness (QED) is 0.823. The second-order valence-corrected chi connectivity index (χ2v) is 3.78. The Morgan fingerprint density at radius 2 is 2.06 bits per heavy atom. The van der Waals surface area contributed by atoms with E-state index in [1.165, 1.54) is 0 Å². The molecule has 0 amide bonds. The highest BCUT2D eigenvalue weighted by Crippen LogP contribution is 2.23. The first-order chi connectivity index (χ1) is 7.61. The molecule has 0 fully saturated rings. The van der Waals surface area contributed by atoms with Gasteiger partial charge in [-0.05, 0) is 19.4 Å². The van der Waals surface area contributed by atoms with Gasteiger partial charge in [0.2, 0.25) is 0 Å². The number of anilines is 1. The molecule has 0 spiro atoms. The molecule has 0 saturated heterocycles. The van der Waals surface area contributed by atoms with E-state index in [0.29, 0.717) is 5.82 Å². The fourth-order valence-electron chi connectivity index (χ4n) is 1.61. The van der Waals surface area contributed by atoms with E-state index in [1.807, 2.05) is 26.1 Å². The number of hydrogen-bond acceptors (Lipinski definition) is 4. The molecule has 0 unspecified atom stereocenters. The molecule has 2 rings (SSSR count). The normalized spacial score (nSPS) is 10.7. The summed E-state index contributed by atoms with van der Waals surface area (Å²) in [6.45, 7) is 3.97. The minimum absolute atomic E-state index is 0.645. The van der Waals surface area contributed by atoms with Crippen LogP contribution in [0.5, 0.6) is 0 Å². The van der Waals surface area contributed by atoms with Gasteiger partial charge in [-0.2, -0.15) is 15.3 Å². The summed E-state index contributed by atoms with van der Waals surface area (Å²) in [6, 6.07) is 3.85. The third-order valence-corrected chi connectivity index (χ3v) is 2.52. The molecule has 16 heavy (non-hydrogen) atoms. The molecule has 5 nitrogen and oxygen atoms in total. The number of nitrogens with zero attached hydrogens (tertiary/aromatic N) is 4. The van der Waals surface area contributed by atoms with Crippen molar-refractivity contribution in [1.82, 2.24) is 20.0 Å². The maximum absolute atomic E-state index is 5.77. The smallest absolute Gasteiger partial charge is 0.121 e. The van der Waals surface area contributed by atoms with E-state index in [4.69, 9.17) is 5.73 Å². The topological polar surface area (TPSA) is 69.6 Å². The van der Waals surface area contributed by atoms with E-state index in [0.717, 1.165) is 29.1 Å². The number of nitrogen functional groups attached to an aromatic ring is 1. The third kappa shape index (κ3) is 1.76. The predicted molar refractivity (Wildman–Crippen MR) is 62.8 cm³/mol. The molecule has 0 radical (unpaired) electrons. The number of hydrogen-bond donors (Lipinski definition) is 1. The maximum atomic E-state index is 5.77. The van der Waals surface area contributed by atoms with Crippen LogP contribution in [0.25, 0.3) is 11.3 Å². The van der Waals surface area contributed by atoms with Gasteiger partial charge in [-0.25, -0.2) is 0 Å². The van der Waals surface area contributed by atoms with Crippen LogP contribution in [-0.2, 0) is 13.5 Å². The first-order valence-corrected chi connectivity index (χ1v) is 5.25. The van der Waals surface area contributed by atoms with Crippen LogP contribution in [-0.4, -0.2) is 20.0 Å². The van der Waals surface area contributed by atoms with Crippen molar-refractivity contribution in [1.29, 1.82) is 0 Å². The Morgan fingerprint density at radius 1 is 1.31 bits per heavy atom. The van der Waals surface area contributed by atoms with Gasteiger partial charge >= 0.3 is 0 Å². The lowest BCUT2D eigenvalue weighted by Crippen LogP contribution is -1.99. The number of aromatic nitrogens is 4. The Balaban J connectivity index is 2.57. The van der Waals surface area contributed by atoms with Crippen LogP contribution in [0.3, 0.4) is 0 Å². The van der Waals surface area contributed by atoms with Crippen molar-refractivity contribution in [3.05, 3.63) is 23.5 Å². The number of aryl methyl sites for hydroxylation is 3. The molecule has 2 heterocycles. The Hall–Kier alpha value is -1.91. The van der Waals surface area contributed by atoms with Gasteiger partial charge in [0.1, 0.15) is 5.82 Å². The van der Waals surface area contributed by atoms with Crippen molar-refractivity contribution < 1.29 is 0 Å². The van der Waals surface area contributed by atoms with Crippen LogP contribution >= 0.6 is 0 Å². The zero-order valence-electron chi connectivity index (χ0n) is 9.73. The van der Waals surface area contributed by atoms with Crippen molar-refractivity contribution in [3.8, 4) is 11.3 Å². The van der Waals surface area contributed by atoms with Crippen LogP contribution in [0.2, 0.25) is 0 Å². The Labute approximate surface area is 94.3 Å². The molecule has 2 aromatic heterocycles. The van der Waals surface area contributed by atoms with Crippen molar-refractivity contribution in [2.75, 3.05) is 5.73 Å². The van der Waals surface area contributed by atoms with E-state index in [2.05, 4.69) is 22.2 Å². The molecule has 0 aliphatic carbocycles. The van der Waals surface area contributed by atoms with Crippen LogP contribution in [0.1, 0.15) is 18.3 Å². The molecule has 5 heteroatoms. The fourth-order valence-corrected chi connectivity index (χ4v) is 1.61. The van der Waals surface area contributed by atoms with Gasteiger partial charge in [-0.15, -0.1) is 0 Å². The lowest BCUT2D eigenvalue weighted by molar-refractivity contribution is 0.780. The SMILES string of the molecule is CCc1nnc(C)cc1-c1cc(N)n(C)n1. The van der Waals surface area contributed by atoms with Gasteiger partial charge in [0.25, 0.3) is 0 Å². The summed E-state index contributed by atoms with van der Waals surface area (Å²) in [4.78, 5) is 0. The van der Waals surface area contributed by atoms with Crippen LogP contribution in [0, 0.1) is 6.92 Å². The van der Waals surface area contributed by atoms with Crippen LogP contribution in [0.4, 0.5) is 5.82 Å². The summed E-state index contributed by atoms with van der Waals surface area (Å²) in [5.41, 5.74) is 9.48. The first-order valence-electron chi connectivity index (χ1n) is 5.25. The summed E-state index contributed by atoms with van der Waals surface area (Å²) in [5, 5.41) is 12.6. The fraction of sp³-hybridized carbons (Fsp3) is 0.364. The average molecular weight is 217 g/mol. The molecule has 2 aromatic rings. The molecular weight excluding hydrogens is 202 g/mol. The predicted octanol–water partition coefficient (Wildman–Crippen LogP) is 1.33. The second kappa shape index (κ2) is 3.92. The molecule has 0 aliphatic heterocycles. The zero-order chi connectivity index (χ0) is 11.7. The summed E-state index contributed by atoms with van der Waals surface area (Å²) in [6.07, 6.45) is 0.832. The van der Waals surface area contributed by atoms with Gasteiger partial charge in [0.05, 0.1) is 17.1 Å². The zero-order valence-corrected chi connectivity index (χ0v) is 9.73. The highest BCUT2D eigenvalue weighted by molar-refractivity contribution is 5.64. The molecule has 2 N–H and O–H groups in total. The van der Waals surface area contributed by atoms with Gasteiger partial charge < -0.3 is 5.73 Å². The molecule has 0 bridgehead atoms. The Kier molecular flexibility index (Phi) is 2.60. The minimum Gasteiger partial charge on any atom is -0.384 e.